The quantitative estimate of drug-likeness (QED) is 0.0964. The maximum Gasteiger partial charge on any atom is 0.322 e. The Balaban J connectivity index is 1.58. The predicted molar refractivity (Wildman–Crippen MR) is 184 cm³/mol. The number of carbonyl (C=O) groups excluding carboxylic acids is 6. The molecule has 0 saturated carbocycles. The van der Waals surface area contributed by atoms with Crippen LogP contribution < -0.4 is 31.9 Å². The van der Waals surface area contributed by atoms with Crippen LogP contribution in [-0.4, -0.2) is 78.2 Å². The molecule has 3 aromatic carbocycles. The molecule has 14 nitrogen and oxygen atoms in total. The second-order valence-electron chi connectivity index (χ2n) is 11.5. The zero-order chi connectivity index (χ0) is 36.3. The molecular weight excluding hydrogens is 644 g/mol. The van der Waals surface area contributed by atoms with Crippen LogP contribution in [0.1, 0.15) is 36.0 Å². The van der Waals surface area contributed by atoms with E-state index in [9.17, 15) is 33.6 Å². The Morgan fingerprint density at radius 2 is 1.12 bits per heavy atom. The summed E-state index contributed by atoms with van der Waals surface area (Å²) in [5.74, 6) is -4.89. The molecule has 0 fully saturated rings. The summed E-state index contributed by atoms with van der Waals surface area (Å²) >= 11 is 0. The molecule has 0 spiro atoms. The number of carboxylic acids is 1. The lowest BCUT2D eigenvalue weighted by Gasteiger charge is -2.21. The van der Waals surface area contributed by atoms with E-state index in [1.807, 2.05) is 49.4 Å². The topological polar surface area (TPSA) is 212 Å². The summed E-state index contributed by atoms with van der Waals surface area (Å²) in [6, 6.07) is 23.2. The van der Waals surface area contributed by atoms with Gasteiger partial charge in [0.15, 0.2) is 0 Å². The molecule has 3 aromatic rings. The van der Waals surface area contributed by atoms with E-state index in [2.05, 4.69) is 31.9 Å². The van der Waals surface area contributed by atoms with Crippen molar-refractivity contribution in [3.63, 3.8) is 0 Å². The summed E-state index contributed by atoms with van der Waals surface area (Å²) in [6.07, 6.45) is 0.440. The van der Waals surface area contributed by atoms with Gasteiger partial charge in [-0.25, -0.2) is 0 Å². The number of hydrogen-bond acceptors (Lipinski definition) is 7. The van der Waals surface area contributed by atoms with Crippen LogP contribution in [0.3, 0.4) is 0 Å². The molecule has 0 aliphatic heterocycles. The van der Waals surface area contributed by atoms with Crippen LogP contribution in [0, 0.1) is 6.92 Å². The molecule has 0 saturated heterocycles. The highest BCUT2D eigenvalue weighted by atomic mass is 16.4. The molecule has 0 bridgehead atoms. The van der Waals surface area contributed by atoms with Crippen LogP contribution in [0.2, 0.25) is 0 Å². The highest BCUT2D eigenvalue weighted by Gasteiger charge is 2.25. The van der Waals surface area contributed by atoms with Gasteiger partial charge in [-0.3, -0.25) is 33.6 Å². The largest absolute Gasteiger partial charge is 0.480 e. The Morgan fingerprint density at radius 1 is 0.580 bits per heavy atom. The van der Waals surface area contributed by atoms with Gasteiger partial charge < -0.3 is 37.0 Å². The van der Waals surface area contributed by atoms with E-state index in [0.29, 0.717) is 17.7 Å². The Bertz CT molecular complexity index is 1620. The molecule has 0 aromatic heterocycles. The highest BCUT2D eigenvalue weighted by molar-refractivity contribution is 5.95. The lowest BCUT2D eigenvalue weighted by molar-refractivity contribution is -0.138. The fourth-order valence-electron chi connectivity index (χ4n) is 4.70. The van der Waals surface area contributed by atoms with E-state index < -0.39 is 67.2 Å². The third-order valence-corrected chi connectivity index (χ3v) is 7.35. The minimum Gasteiger partial charge on any atom is -0.480 e. The average molecular weight is 687 g/mol. The van der Waals surface area contributed by atoms with Gasteiger partial charge in [0.25, 0.3) is 0 Å². The summed E-state index contributed by atoms with van der Waals surface area (Å²) in [7, 11) is 0. The zero-order valence-corrected chi connectivity index (χ0v) is 27.7. The molecule has 6 amide bonds. The minimum absolute atomic E-state index is 0.0658. The smallest absolute Gasteiger partial charge is 0.322 e. The molecule has 2 atom stereocenters. The molecule has 50 heavy (non-hydrogen) atoms. The fraction of sp³-hybridized carbons (Fsp3) is 0.306. The summed E-state index contributed by atoms with van der Waals surface area (Å²) in [6.45, 7) is 0.274. The van der Waals surface area contributed by atoms with Crippen LogP contribution >= 0.6 is 0 Å². The van der Waals surface area contributed by atoms with E-state index in [0.717, 1.165) is 11.1 Å². The van der Waals surface area contributed by atoms with Crippen LogP contribution in [0.15, 0.2) is 84.9 Å². The predicted octanol–water partition coefficient (Wildman–Crippen LogP) is 0.992. The summed E-state index contributed by atoms with van der Waals surface area (Å²) in [4.78, 5) is 87.0. The number of nitrogens with one attached hydrogen (secondary N) is 6. The van der Waals surface area contributed by atoms with Crippen molar-refractivity contribution in [3.8, 4) is 0 Å². The van der Waals surface area contributed by atoms with Crippen molar-refractivity contribution in [3.05, 3.63) is 102 Å². The minimum atomic E-state index is -1.25. The first-order valence-corrected chi connectivity index (χ1v) is 16.1. The van der Waals surface area contributed by atoms with Crippen LogP contribution in [0.5, 0.6) is 0 Å². The van der Waals surface area contributed by atoms with Crippen molar-refractivity contribution < 1.29 is 38.7 Å². The number of benzene rings is 3. The summed E-state index contributed by atoms with van der Waals surface area (Å²) in [5.41, 5.74) is 3.28. The molecule has 0 aliphatic rings. The van der Waals surface area contributed by atoms with Crippen molar-refractivity contribution in [1.29, 1.82) is 0 Å². The second kappa shape index (κ2) is 20.3. The van der Waals surface area contributed by atoms with E-state index in [1.165, 1.54) is 0 Å². The van der Waals surface area contributed by atoms with Gasteiger partial charge in [0.05, 0.1) is 13.1 Å². The van der Waals surface area contributed by atoms with Gasteiger partial charge in [0.2, 0.25) is 35.4 Å². The van der Waals surface area contributed by atoms with Crippen LogP contribution in [0.25, 0.3) is 0 Å². The highest BCUT2D eigenvalue weighted by Crippen LogP contribution is 2.10. The lowest BCUT2D eigenvalue weighted by atomic mass is 10.0. The van der Waals surface area contributed by atoms with Gasteiger partial charge in [-0.2, -0.15) is 0 Å². The van der Waals surface area contributed by atoms with E-state index >= 15 is 0 Å². The van der Waals surface area contributed by atoms with Crippen LogP contribution in [-0.2, 0) is 46.4 Å². The number of carboxylic acid groups (broad SMARTS) is 1. The summed E-state index contributed by atoms with van der Waals surface area (Å²) < 4.78 is 0. The third kappa shape index (κ3) is 14.8. The second-order valence-corrected chi connectivity index (χ2v) is 11.5. The average Bonchev–Trinajstić information content (AvgIpc) is 3.11. The third-order valence-electron chi connectivity index (χ3n) is 7.35. The molecule has 3 rings (SSSR count). The molecular formula is C36H42N6O8. The Labute approximate surface area is 289 Å². The van der Waals surface area contributed by atoms with Gasteiger partial charge in [-0.05, 0) is 43.0 Å². The summed E-state index contributed by atoms with van der Waals surface area (Å²) in [5, 5.41) is 23.7. The lowest BCUT2D eigenvalue weighted by Crippen LogP contribution is -2.53. The zero-order valence-electron chi connectivity index (χ0n) is 27.7. The number of amides is 6. The van der Waals surface area contributed by atoms with Gasteiger partial charge in [-0.1, -0.05) is 78.4 Å². The molecule has 14 heteroatoms. The van der Waals surface area contributed by atoms with Crippen LogP contribution in [0.4, 0.5) is 5.69 Å². The monoisotopic (exact) mass is 686 g/mol. The standard InChI is InChI=1S/C36H42N6O8/c1-24-12-15-27(16-13-24)40-30(43)18-19-31(44)41-28(17-14-25-8-4-2-5-9-25)35(49)39-22-33(46)42-29(20-26-10-6-3-7-11-26)36(50)38-21-32(45)37-23-34(47)48/h2-13,15-16,28-29H,14,17-23H2,1H3,(H,37,45)(H,38,50)(H,39,49)(H,40,43)(H,41,44)(H,42,46)(H,47,48)/t28-,29-/m1/s1. The fourth-order valence-corrected chi connectivity index (χ4v) is 4.70. The van der Waals surface area contributed by atoms with Gasteiger partial charge in [-0.15, -0.1) is 0 Å². The van der Waals surface area contributed by atoms with E-state index in [1.54, 1.807) is 42.5 Å². The molecule has 0 unspecified atom stereocenters. The number of rotatable bonds is 19. The Hall–Kier alpha value is -6.05. The van der Waals surface area contributed by atoms with Crippen molar-refractivity contribution >= 4 is 47.1 Å². The number of aliphatic carboxylic acids is 1. The van der Waals surface area contributed by atoms with Crippen molar-refractivity contribution in [2.24, 2.45) is 0 Å². The van der Waals surface area contributed by atoms with Crippen molar-refractivity contribution in [2.45, 2.75) is 51.1 Å². The molecule has 7 N–H and O–H groups in total. The molecule has 0 heterocycles. The maximum absolute atomic E-state index is 13.3. The number of carbonyl (C=O) groups is 7. The van der Waals surface area contributed by atoms with E-state index in [4.69, 9.17) is 5.11 Å². The normalized spacial score (nSPS) is 11.6. The van der Waals surface area contributed by atoms with Crippen molar-refractivity contribution in [2.75, 3.05) is 25.0 Å². The first kappa shape index (κ1) is 38.4. The Morgan fingerprint density at radius 3 is 1.74 bits per heavy atom. The SMILES string of the molecule is Cc1ccc(NC(=O)CCC(=O)N[C@H](CCc2ccccc2)C(=O)NCC(=O)N[C@H](Cc2ccccc2)C(=O)NCC(=O)NCC(=O)O)cc1. The van der Waals surface area contributed by atoms with Gasteiger partial charge >= 0.3 is 5.97 Å². The number of aryl methyl sites for hydroxylation is 2. The molecule has 0 aliphatic carbocycles. The first-order valence-electron chi connectivity index (χ1n) is 16.1. The van der Waals surface area contributed by atoms with Gasteiger partial charge in [0.1, 0.15) is 18.6 Å². The number of hydrogen-bond donors (Lipinski definition) is 7. The van der Waals surface area contributed by atoms with E-state index in [-0.39, 0.29) is 31.6 Å². The number of anilines is 1. The first-order chi connectivity index (χ1) is 24.0. The molecule has 264 valence electrons. The van der Waals surface area contributed by atoms with Gasteiger partial charge in [0, 0.05) is 24.9 Å². The Kier molecular flexibility index (Phi) is 15.6. The van der Waals surface area contributed by atoms with Crippen molar-refractivity contribution in [1.82, 2.24) is 26.6 Å². The maximum atomic E-state index is 13.3. The molecule has 0 radical (unpaired) electrons.